The van der Waals surface area contributed by atoms with Crippen LogP contribution >= 0.6 is 11.8 Å². The highest BCUT2D eigenvalue weighted by Gasteiger charge is 2.14. The van der Waals surface area contributed by atoms with Crippen LogP contribution in [0.5, 0.6) is 0 Å². The molecule has 2 N–H and O–H groups in total. The first-order valence-corrected chi connectivity index (χ1v) is 6.14. The molecule has 0 bridgehead atoms. The Labute approximate surface area is 105 Å². The largest absolute Gasteiger partial charge is 0.480 e. The van der Waals surface area contributed by atoms with E-state index < -0.39 is 12.0 Å². The van der Waals surface area contributed by atoms with E-state index in [1.807, 2.05) is 0 Å². The molecule has 94 valence electrons. The Morgan fingerprint density at radius 3 is 2.82 bits per heavy atom. The van der Waals surface area contributed by atoms with Gasteiger partial charge in [-0.05, 0) is 0 Å². The molecule has 2 amide bonds. The topological polar surface area (TPSA) is 69.6 Å². The SMILES string of the molecule is C#CCSCCNC(=O)N(CC=C)CC(=O)O. The van der Waals surface area contributed by atoms with Gasteiger partial charge in [0.15, 0.2) is 0 Å². The van der Waals surface area contributed by atoms with Gasteiger partial charge in [0.05, 0.1) is 5.75 Å². The number of nitrogens with one attached hydrogen (secondary N) is 1. The first-order valence-electron chi connectivity index (χ1n) is 4.98. The van der Waals surface area contributed by atoms with Crippen molar-refractivity contribution >= 4 is 23.8 Å². The summed E-state index contributed by atoms with van der Waals surface area (Å²) in [4.78, 5) is 23.2. The Balaban J connectivity index is 3.93. The number of aliphatic carboxylic acids is 1. The van der Waals surface area contributed by atoms with Gasteiger partial charge in [-0.2, -0.15) is 0 Å². The molecule has 0 aliphatic carbocycles. The average molecular weight is 256 g/mol. The third kappa shape index (κ3) is 8.22. The summed E-state index contributed by atoms with van der Waals surface area (Å²) < 4.78 is 0. The van der Waals surface area contributed by atoms with Crippen LogP contribution in [0.25, 0.3) is 0 Å². The summed E-state index contributed by atoms with van der Waals surface area (Å²) in [5.74, 6) is 2.72. The molecule has 0 rings (SSSR count). The number of carboxylic acids is 1. The van der Waals surface area contributed by atoms with Crippen LogP contribution in [-0.4, -0.2) is 53.1 Å². The minimum Gasteiger partial charge on any atom is -0.480 e. The summed E-state index contributed by atoms with van der Waals surface area (Å²) in [6, 6.07) is -0.409. The number of carboxylic acid groups (broad SMARTS) is 1. The molecule has 0 aromatic rings. The van der Waals surface area contributed by atoms with Crippen molar-refractivity contribution in [3.8, 4) is 12.3 Å². The van der Waals surface area contributed by atoms with E-state index >= 15 is 0 Å². The molecule has 0 heterocycles. The number of hydrogen-bond acceptors (Lipinski definition) is 3. The van der Waals surface area contributed by atoms with Crippen LogP contribution in [0.3, 0.4) is 0 Å². The Kier molecular flexibility index (Phi) is 8.69. The molecule has 0 fully saturated rings. The molecule has 0 saturated carbocycles. The standard InChI is InChI=1S/C11H16N2O3S/c1-3-6-13(9-10(14)15)11(16)12-5-8-17-7-4-2/h2-3H,1,5-9H2,(H,12,16)(H,14,15). The highest BCUT2D eigenvalue weighted by molar-refractivity contribution is 7.99. The fourth-order valence-corrected chi connectivity index (χ4v) is 1.52. The van der Waals surface area contributed by atoms with Crippen LogP contribution in [0.2, 0.25) is 0 Å². The van der Waals surface area contributed by atoms with Crippen molar-refractivity contribution in [3.05, 3.63) is 12.7 Å². The van der Waals surface area contributed by atoms with E-state index in [0.29, 0.717) is 18.1 Å². The summed E-state index contributed by atoms with van der Waals surface area (Å²) in [5, 5.41) is 11.2. The first-order chi connectivity index (χ1) is 8.11. The van der Waals surface area contributed by atoms with Gasteiger partial charge in [0, 0.05) is 18.8 Å². The maximum atomic E-state index is 11.6. The number of nitrogens with zero attached hydrogens (tertiary/aromatic N) is 1. The number of thioether (sulfide) groups is 1. The minimum absolute atomic E-state index is 0.204. The molecule has 0 spiro atoms. The fraction of sp³-hybridized carbons (Fsp3) is 0.455. The van der Waals surface area contributed by atoms with Gasteiger partial charge in [-0.1, -0.05) is 12.0 Å². The highest BCUT2D eigenvalue weighted by atomic mass is 32.2. The molecule has 0 aliphatic heterocycles. The lowest BCUT2D eigenvalue weighted by Gasteiger charge is -2.19. The second-order valence-electron chi connectivity index (χ2n) is 3.05. The molecule has 0 aromatic carbocycles. The molecule has 0 unspecified atom stereocenters. The zero-order valence-electron chi connectivity index (χ0n) is 9.52. The summed E-state index contributed by atoms with van der Waals surface area (Å²) in [5.41, 5.74) is 0. The zero-order valence-corrected chi connectivity index (χ0v) is 10.3. The fourth-order valence-electron chi connectivity index (χ4n) is 1.01. The number of carbonyl (C=O) groups is 2. The van der Waals surface area contributed by atoms with Crippen LogP contribution in [0, 0.1) is 12.3 Å². The van der Waals surface area contributed by atoms with Gasteiger partial charge in [0.1, 0.15) is 6.54 Å². The van der Waals surface area contributed by atoms with E-state index in [0.717, 1.165) is 0 Å². The first kappa shape index (κ1) is 15.4. The van der Waals surface area contributed by atoms with Crippen molar-refractivity contribution in [2.75, 3.05) is 31.1 Å². The second-order valence-corrected chi connectivity index (χ2v) is 4.16. The van der Waals surface area contributed by atoms with Crippen molar-refractivity contribution in [2.24, 2.45) is 0 Å². The molecule has 0 aliphatic rings. The summed E-state index contributed by atoms with van der Waals surface area (Å²) >= 11 is 1.53. The smallest absolute Gasteiger partial charge is 0.323 e. The molecule has 0 aromatic heterocycles. The third-order valence-electron chi connectivity index (χ3n) is 1.67. The van der Waals surface area contributed by atoms with E-state index in [1.165, 1.54) is 22.7 Å². The Bertz CT molecular complexity index is 312. The van der Waals surface area contributed by atoms with E-state index in [9.17, 15) is 9.59 Å². The van der Waals surface area contributed by atoms with Gasteiger partial charge >= 0.3 is 12.0 Å². The van der Waals surface area contributed by atoms with Crippen LogP contribution in [-0.2, 0) is 4.79 Å². The minimum atomic E-state index is -1.05. The average Bonchev–Trinajstić information content (AvgIpc) is 2.27. The third-order valence-corrected chi connectivity index (χ3v) is 2.53. The normalized spacial score (nSPS) is 9.12. The molecule has 0 atom stereocenters. The van der Waals surface area contributed by atoms with Gasteiger partial charge in [-0.3, -0.25) is 4.79 Å². The molecule has 6 heteroatoms. The van der Waals surface area contributed by atoms with Gasteiger partial charge < -0.3 is 15.3 Å². The Hall–Kier alpha value is -1.61. The van der Waals surface area contributed by atoms with E-state index in [1.54, 1.807) is 0 Å². The van der Waals surface area contributed by atoms with E-state index in [2.05, 4.69) is 17.8 Å². The van der Waals surface area contributed by atoms with Crippen LogP contribution in [0.4, 0.5) is 4.79 Å². The Morgan fingerprint density at radius 2 is 2.29 bits per heavy atom. The maximum absolute atomic E-state index is 11.6. The lowest BCUT2D eigenvalue weighted by Crippen LogP contribution is -2.43. The van der Waals surface area contributed by atoms with Crippen LogP contribution in [0.15, 0.2) is 12.7 Å². The molecule has 17 heavy (non-hydrogen) atoms. The number of terminal acetylenes is 1. The molecule has 0 radical (unpaired) electrons. The molecule has 5 nitrogen and oxygen atoms in total. The Morgan fingerprint density at radius 1 is 1.59 bits per heavy atom. The lowest BCUT2D eigenvalue weighted by molar-refractivity contribution is -0.137. The number of carbonyl (C=O) groups excluding carboxylic acids is 1. The summed E-state index contributed by atoms with van der Waals surface area (Å²) in [6.07, 6.45) is 6.55. The van der Waals surface area contributed by atoms with Crippen LogP contribution in [0.1, 0.15) is 0 Å². The van der Waals surface area contributed by atoms with Crippen molar-refractivity contribution in [2.45, 2.75) is 0 Å². The van der Waals surface area contributed by atoms with E-state index in [4.69, 9.17) is 11.5 Å². The molecular formula is C11H16N2O3S. The number of rotatable bonds is 8. The lowest BCUT2D eigenvalue weighted by atomic mass is 10.5. The predicted octanol–water partition coefficient (Wildman–Crippen LogP) is 0.635. The van der Waals surface area contributed by atoms with Crippen molar-refractivity contribution < 1.29 is 14.7 Å². The second kappa shape index (κ2) is 9.60. The van der Waals surface area contributed by atoms with E-state index in [-0.39, 0.29) is 13.1 Å². The summed E-state index contributed by atoms with van der Waals surface area (Å²) in [6.45, 7) is 3.79. The monoisotopic (exact) mass is 256 g/mol. The number of urea groups is 1. The zero-order chi connectivity index (χ0) is 13.1. The summed E-state index contributed by atoms with van der Waals surface area (Å²) in [7, 11) is 0. The van der Waals surface area contributed by atoms with Gasteiger partial charge in [-0.15, -0.1) is 24.8 Å². The van der Waals surface area contributed by atoms with Gasteiger partial charge in [0.25, 0.3) is 0 Å². The molecular weight excluding hydrogens is 240 g/mol. The van der Waals surface area contributed by atoms with Gasteiger partial charge in [-0.25, -0.2) is 4.79 Å². The van der Waals surface area contributed by atoms with Crippen molar-refractivity contribution in [1.29, 1.82) is 0 Å². The predicted molar refractivity (Wildman–Crippen MR) is 69.0 cm³/mol. The highest BCUT2D eigenvalue weighted by Crippen LogP contribution is 1.96. The van der Waals surface area contributed by atoms with Crippen LogP contribution < -0.4 is 5.32 Å². The maximum Gasteiger partial charge on any atom is 0.323 e. The number of hydrogen-bond donors (Lipinski definition) is 2. The molecule has 0 saturated heterocycles. The number of amides is 2. The van der Waals surface area contributed by atoms with Gasteiger partial charge in [0.2, 0.25) is 0 Å². The van der Waals surface area contributed by atoms with Crippen molar-refractivity contribution in [3.63, 3.8) is 0 Å². The quantitative estimate of drug-likeness (QED) is 0.380. The van der Waals surface area contributed by atoms with Crippen molar-refractivity contribution in [1.82, 2.24) is 10.2 Å².